The molecule has 0 atom stereocenters. The van der Waals surface area contributed by atoms with Gasteiger partial charge in [0, 0.05) is 6.07 Å². The number of nitrogen functional groups attached to an aromatic ring is 1. The van der Waals surface area contributed by atoms with Crippen LogP contribution in [0.1, 0.15) is 0 Å². The molecule has 2 N–H and O–H groups in total. The number of nitro groups is 2. The van der Waals surface area contributed by atoms with E-state index in [1.165, 1.54) is 24.3 Å². The van der Waals surface area contributed by atoms with E-state index < -0.39 is 41.6 Å². The summed E-state index contributed by atoms with van der Waals surface area (Å²) in [5.74, 6) is 0. The van der Waals surface area contributed by atoms with E-state index in [9.17, 15) is 28.6 Å². The van der Waals surface area contributed by atoms with Crippen molar-refractivity contribution < 1.29 is 18.3 Å². The first kappa shape index (κ1) is 15.4. The van der Waals surface area contributed by atoms with Gasteiger partial charge in [-0.05, 0) is 18.2 Å². The Bertz CT molecular complexity index is 864. The highest BCUT2D eigenvalue weighted by Crippen LogP contribution is 2.38. The van der Waals surface area contributed by atoms with Crippen LogP contribution in [-0.2, 0) is 9.84 Å². The van der Waals surface area contributed by atoms with E-state index in [2.05, 4.69) is 0 Å². The summed E-state index contributed by atoms with van der Waals surface area (Å²) in [7, 11) is -4.12. The predicted molar refractivity (Wildman–Crippen MR) is 76.1 cm³/mol. The average molecular weight is 323 g/mol. The number of nitrogens with two attached hydrogens (primary N) is 1. The summed E-state index contributed by atoms with van der Waals surface area (Å²) in [6.07, 6.45) is 0. The van der Waals surface area contributed by atoms with Crippen molar-refractivity contribution in [1.29, 1.82) is 0 Å². The van der Waals surface area contributed by atoms with Gasteiger partial charge in [-0.15, -0.1) is 0 Å². The van der Waals surface area contributed by atoms with Crippen LogP contribution in [0.5, 0.6) is 0 Å². The maximum absolute atomic E-state index is 12.4. The van der Waals surface area contributed by atoms with E-state index in [0.717, 1.165) is 12.1 Å². The van der Waals surface area contributed by atoms with E-state index in [4.69, 9.17) is 5.73 Å². The molecule has 0 saturated carbocycles. The molecule has 0 radical (unpaired) electrons. The van der Waals surface area contributed by atoms with Gasteiger partial charge in [-0.3, -0.25) is 20.2 Å². The largest absolute Gasteiger partial charge is 0.392 e. The molecular formula is C12H9N3O6S. The van der Waals surface area contributed by atoms with Gasteiger partial charge in [-0.25, -0.2) is 8.42 Å². The third kappa shape index (κ3) is 2.46. The van der Waals surface area contributed by atoms with Crippen LogP contribution in [0.15, 0.2) is 52.3 Å². The van der Waals surface area contributed by atoms with Crippen molar-refractivity contribution in [3.05, 3.63) is 62.7 Å². The van der Waals surface area contributed by atoms with Crippen molar-refractivity contribution in [2.45, 2.75) is 9.79 Å². The molecule has 2 rings (SSSR count). The fraction of sp³-hybridized carbons (Fsp3) is 0. The van der Waals surface area contributed by atoms with Crippen LogP contribution in [-0.4, -0.2) is 18.3 Å². The number of nitrogens with zero attached hydrogens (tertiary/aromatic N) is 2. The molecule has 0 aromatic heterocycles. The van der Waals surface area contributed by atoms with Gasteiger partial charge in [0.15, 0.2) is 0 Å². The van der Waals surface area contributed by atoms with Gasteiger partial charge in [0.2, 0.25) is 9.84 Å². The van der Waals surface area contributed by atoms with Gasteiger partial charge in [0.05, 0.1) is 14.7 Å². The Kier molecular flexibility index (Phi) is 3.78. The number of rotatable bonds is 4. The molecule has 0 saturated heterocycles. The molecule has 0 aliphatic heterocycles. The molecule has 0 spiro atoms. The Morgan fingerprint density at radius 2 is 1.50 bits per heavy atom. The number of anilines is 1. The van der Waals surface area contributed by atoms with Gasteiger partial charge in [0.25, 0.3) is 0 Å². The smallest absolute Gasteiger partial charge is 0.369 e. The fourth-order valence-corrected chi connectivity index (χ4v) is 3.28. The number of sulfone groups is 1. The van der Waals surface area contributed by atoms with E-state index in [1.54, 1.807) is 6.07 Å². The normalized spacial score (nSPS) is 11.1. The first-order chi connectivity index (χ1) is 10.3. The van der Waals surface area contributed by atoms with Crippen molar-refractivity contribution in [3.63, 3.8) is 0 Å². The molecule has 114 valence electrons. The molecule has 2 aromatic rings. The number of hydrogen-bond acceptors (Lipinski definition) is 7. The Morgan fingerprint density at radius 1 is 0.909 bits per heavy atom. The molecular weight excluding hydrogens is 314 g/mol. The molecule has 10 heteroatoms. The SMILES string of the molecule is Nc1c(S(=O)(=O)c2ccccc2)ccc([N+](=O)[O-])c1[N+](=O)[O-]. The van der Waals surface area contributed by atoms with Crippen LogP contribution in [0, 0.1) is 20.2 Å². The standard InChI is InChI=1S/C12H9N3O6S/c13-11-10(22(20,21)8-4-2-1-3-5-8)7-6-9(14(16)17)12(11)15(18)19/h1-7H,13H2. The molecule has 0 heterocycles. The molecule has 0 bridgehead atoms. The van der Waals surface area contributed by atoms with Crippen molar-refractivity contribution in [2.24, 2.45) is 0 Å². The van der Waals surface area contributed by atoms with E-state index in [-0.39, 0.29) is 4.90 Å². The second-order valence-electron chi connectivity index (χ2n) is 4.18. The lowest BCUT2D eigenvalue weighted by molar-refractivity contribution is -0.422. The summed E-state index contributed by atoms with van der Waals surface area (Å²) in [5.41, 5.74) is 2.85. The fourth-order valence-electron chi connectivity index (χ4n) is 1.88. The number of hydrogen-bond donors (Lipinski definition) is 1. The zero-order chi connectivity index (χ0) is 16.5. The summed E-state index contributed by atoms with van der Waals surface area (Å²) in [5, 5.41) is 21.8. The quantitative estimate of drug-likeness (QED) is 0.513. The Labute approximate surface area is 124 Å². The summed E-state index contributed by atoms with van der Waals surface area (Å²) in [6.45, 7) is 0. The van der Waals surface area contributed by atoms with Gasteiger partial charge in [-0.1, -0.05) is 18.2 Å². The maximum Gasteiger partial charge on any atom is 0.369 e. The minimum absolute atomic E-state index is 0.121. The first-order valence-electron chi connectivity index (χ1n) is 5.78. The monoisotopic (exact) mass is 323 g/mol. The van der Waals surface area contributed by atoms with Crippen molar-refractivity contribution >= 4 is 26.9 Å². The van der Waals surface area contributed by atoms with Crippen molar-refractivity contribution in [2.75, 3.05) is 5.73 Å². The first-order valence-corrected chi connectivity index (χ1v) is 7.26. The summed E-state index contributed by atoms with van der Waals surface area (Å²) < 4.78 is 24.9. The summed E-state index contributed by atoms with van der Waals surface area (Å²) in [6, 6.07) is 8.78. The lowest BCUT2D eigenvalue weighted by Gasteiger charge is -2.08. The highest BCUT2D eigenvalue weighted by atomic mass is 32.2. The van der Waals surface area contributed by atoms with Crippen molar-refractivity contribution in [3.8, 4) is 0 Å². The van der Waals surface area contributed by atoms with Gasteiger partial charge < -0.3 is 5.73 Å². The molecule has 0 unspecified atom stereocenters. The van der Waals surface area contributed by atoms with E-state index in [0.29, 0.717) is 0 Å². The van der Waals surface area contributed by atoms with Gasteiger partial charge in [0.1, 0.15) is 10.6 Å². The molecule has 0 amide bonds. The molecule has 2 aromatic carbocycles. The highest BCUT2D eigenvalue weighted by molar-refractivity contribution is 7.91. The number of benzene rings is 2. The molecule has 9 nitrogen and oxygen atoms in total. The zero-order valence-electron chi connectivity index (χ0n) is 10.9. The molecule has 0 aliphatic rings. The lowest BCUT2D eigenvalue weighted by Crippen LogP contribution is -2.09. The van der Waals surface area contributed by atoms with E-state index in [1.807, 2.05) is 0 Å². The molecule has 0 fully saturated rings. The second-order valence-corrected chi connectivity index (χ2v) is 6.09. The third-order valence-electron chi connectivity index (χ3n) is 2.88. The Balaban J connectivity index is 2.76. The van der Waals surface area contributed by atoms with Gasteiger partial charge in [-0.2, -0.15) is 0 Å². The van der Waals surface area contributed by atoms with Crippen LogP contribution in [0.3, 0.4) is 0 Å². The molecule has 22 heavy (non-hydrogen) atoms. The third-order valence-corrected chi connectivity index (χ3v) is 4.71. The van der Waals surface area contributed by atoms with Gasteiger partial charge >= 0.3 is 11.4 Å². The minimum atomic E-state index is -4.12. The maximum atomic E-state index is 12.4. The van der Waals surface area contributed by atoms with Crippen LogP contribution >= 0.6 is 0 Å². The lowest BCUT2D eigenvalue weighted by atomic mass is 10.2. The van der Waals surface area contributed by atoms with Crippen LogP contribution in [0.2, 0.25) is 0 Å². The van der Waals surface area contributed by atoms with Crippen molar-refractivity contribution in [1.82, 2.24) is 0 Å². The topological polar surface area (TPSA) is 146 Å². The molecule has 0 aliphatic carbocycles. The minimum Gasteiger partial charge on any atom is -0.392 e. The van der Waals surface area contributed by atoms with Crippen LogP contribution in [0.25, 0.3) is 0 Å². The second kappa shape index (κ2) is 5.41. The summed E-state index contributed by atoms with van der Waals surface area (Å²) in [4.78, 5) is 19.1. The number of nitro benzene ring substituents is 2. The Morgan fingerprint density at radius 3 is 2.00 bits per heavy atom. The van der Waals surface area contributed by atoms with Crippen LogP contribution < -0.4 is 5.73 Å². The van der Waals surface area contributed by atoms with E-state index >= 15 is 0 Å². The predicted octanol–water partition coefficient (Wildman–Crippen LogP) is 1.92. The van der Waals surface area contributed by atoms with Crippen LogP contribution in [0.4, 0.5) is 17.1 Å². The highest BCUT2D eigenvalue weighted by Gasteiger charge is 2.33. The average Bonchev–Trinajstić information content (AvgIpc) is 2.46. The Hall–Kier alpha value is -3.01. The zero-order valence-corrected chi connectivity index (χ0v) is 11.7. The summed E-state index contributed by atoms with van der Waals surface area (Å²) >= 11 is 0.